The molecule has 1 heterocycles. The molecule has 0 saturated heterocycles. The van der Waals surface area contributed by atoms with Gasteiger partial charge >= 0.3 is 147 Å². The molecule has 1 aliphatic heterocycles. The van der Waals surface area contributed by atoms with E-state index in [2.05, 4.69) is 91.1 Å². The van der Waals surface area contributed by atoms with E-state index in [1.807, 2.05) is 0 Å². The van der Waals surface area contributed by atoms with Gasteiger partial charge in [0.25, 0.3) is 0 Å². The zero-order chi connectivity index (χ0) is 16.4. The molecule has 1 nitrogen and oxygen atoms in total. The molecule has 0 atom stereocenters. The van der Waals surface area contributed by atoms with Gasteiger partial charge in [0.1, 0.15) is 0 Å². The normalized spacial score (nSPS) is 14.4. The Labute approximate surface area is 147 Å². The number of hydrogen-bond donors (Lipinski definition) is 1. The molecule has 0 amide bonds. The van der Waals surface area contributed by atoms with Crippen molar-refractivity contribution in [3.8, 4) is 0 Å². The third kappa shape index (κ3) is 2.58. The molecule has 0 saturated carbocycles. The maximum atomic E-state index is 3.68. The Morgan fingerprint density at radius 1 is 0.708 bits per heavy atom. The molecule has 0 unspecified atom stereocenters. The predicted molar refractivity (Wildman–Crippen MR) is 106 cm³/mol. The standard InChI is InChI=1S/C22H23AsN/c1-2-16-23(17-18-10-4-3-5-11-18)19-12-6-8-14-21(19)24-22-15-9-7-13-20(22)23/h3-15,24H,2,16-17H2,1H3/q+1. The van der Waals surface area contributed by atoms with Crippen LogP contribution in [0.25, 0.3) is 0 Å². The van der Waals surface area contributed by atoms with Gasteiger partial charge in [-0.05, 0) is 0 Å². The molecule has 3 aromatic rings. The quantitative estimate of drug-likeness (QED) is 0.662. The van der Waals surface area contributed by atoms with Crippen molar-refractivity contribution in [1.29, 1.82) is 0 Å². The number of nitrogens with one attached hydrogen (secondary N) is 1. The van der Waals surface area contributed by atoms with Crippen molar-refractivity contribution >= 4 is 33.6 Å². The molecule has 24 heavy (non-hydrogen) atoms. The molecule has 0 radical (unpaired) electrons. The van der Waals surface area contributed by atoms with Crippen LogP contribution in [0.15, 0.2) is 78.9 Å². The second-order valence-corrected chi connectivity index (χ2v) is 14.2. The monoisotopic (exact) mass is 376 g/mol. The molecular weight excluding hydrogens is 353 g/mol. The fourth-order valence-electron chi connectivity index (χ4n) is 3.95. The molecule has 0 bridgehead atoms. The summed E-state index contributed by atoms with van der Waals surface area (Å²) < 4.78 is 3.19. The number of hydrogen-bond acceptors (Lipinski definition) is 1. The van der Waals surface area contributed by atoms with Crippen LogP contribution in [-0.4, -0.2) is 13.6 Å². The average Bonchev–Trinajstić information content (AvgIpc) is 2.63. The van der Waals surface area contributed by atoms with Crippen molar-refractivity contribution in [2.45, 2.75) is 23.8 Å². The Morgan fingerprint density at radius 3 is 1.83 bits per heavy atom. The Morgan fingerprint density at radius 2 is 1.25 bits per heavy atom. The van der Waals surface area contributed by atoms with Crippen molar-refractivity contribution < 1.29 is 0 Å². The number of benzene rings is 3. The van der Waals surface area contributed by atoms with Gasteiger partial charge in [-0.2, -0.15) is 0 Å². The molecule has 0 spiro atoms. The van der Waals surface area contributed by atoms with E-state index in [-0.39, 0.29) is 0 Å². The molecule has 2 heteroatoms. The first-order valence-electron chi connectivity index (χ1n) is 8.71. The maximum absolute atomic E-state index is 3.68. The summed E-state index contributed by atoms with van der Waals surface area (Å²) in [5.74, 6) is 0. The van der Waals surface area contributed by atoms with E-state index in [0.29, 0.717) is 0 Å². The van der Waals surface area contributed by atoms with Crippen LogP contribution in [-0.2, 0) is 5.21 Å². The second kappa shape index (κ2) is 6.49. The summed E-state index contributed by atoms with van der Waals surface area (Å²) in [6.07, 6.45) is 1.24. The first-order chi connectivity index (χ1) is 11.8. The predicted octanol–water partition coefficient (Wildman–Crippen LogP) is 4.50. The molecule has 4 rings (SSSR count). The first-order valence-corrected chi connectivity index (χ1v) is 13.2. The molecule has 3 aromatic carbocycles. The Hall–Kier alpha value is -1.98. The van der Waals surface area contributed by atoms with Gasteiger partial charge in [-0.15, -0.1) is 0 Å². The topological polar surface area (TPSA) is 12.0 Å². The fraction of sp³-hybridized carbons (Fsp3) is 0.182. The van der Waals surface area contributed by atoms with Crippen LogP contribution in [0.5, 0.6) is 0 Å². The van der Waals surface area contributed by atoms with Crippen LogP contribution in [0.3, 0.4) is 0 Å². The summed E-state index contributed by atoms with van der Waals surface area (Å²) in [4.78, 5) is 0. The van der Waals surface area contributed by atoms with Crippen LogP contribution in [0.1, 0.15) is 18.9 Å². The van der Waals surface area contributed by atoms with Crippen molar-refractivity contribution in [3.05, 3.63) is 84.4 Å². The van der Waals surface area contributed by atoms with E-state index < -0.39 is 13.6 Å². The second-order valence-electron chi connectivity index (χ2n) is 6.49. The molecule has 0 aromatic heterocycles. The van der Waals surface area contributed by atoms with Crippen molar-refractivity contribution in [2.75, 3.05) is 5.32 Å². The Bertz CT molecular complexity index is 796. The van der Waals surface area contributed by atoms with E-state index >= 15 is 0 Å². The minimum absolute atomic E-state index is 1.21. The Balaban J connectivity index is 1.94. The summed E-state index contributed by atoms with van der Waals surface area (Å²) in [5.41, 5.74) is 4.13. The van der Waals surface area contributed by atoms with Gasteiger partial charge in [0.2, 0.25) is 0 Å². The van der Waals surface area contributed by atoms with Gasteiger partial charge in [0.15, 0.2) is 0 Å². The summed E-state index contributed by atoms with van der Waals surface area (Å²) in [6.45, 7) is 2.33. The number of anilines is 2. The molecule has 0 aliphatic carbocycles. The molecular formula is C22H23AsN+. The van der Waals surface area contributed by atoms with Crippen LogP contribution in [0, 0.1) is 0 Å². The van der Waals surface area contributed by atoms with Crippen LogP contribution >= 0.6 is 0 Å². The number of rotatable bonds is 4. The van der Waals surface area contributed by atoms with E-state index in [1.165, 1.54) is 33.8 Å². The summed E-state index contributed by atoms with van der Waals surface area (Å²) >= 11 is -2.27. The third-order valence-electron chi connectivity index (χ3n) is 4.90. The van der Waals surface area contributed by atoms with Crippen molar-refractivity contribution in [1.82, 2.24) is 0 Å². The molecule has 120 valence electrons. The van der Waals surface area contributed by atoms with Crippen molar-refractivity contribution in [2.24, 2.45) is 0 Å². The van der Waals surface area contributed by atoms with E-state index in [4.69, 9.17) is 0 Å². The fourth-order valence-corrected chi connectivity index (χ4v) is 13.9. The molecule has 1 N–H and O–H groups in total. The van der Waals surface area contributed by atoms with Gasteiger partial charge in [-0.1, -0.05) is 0 Å². The summed E-state index contributed by atoms with van der Waals surface area (Å²) in [5, 5.41) is 6.22. The van der Waals surface area contributed by atoms with Crippen LogP contribution < -0.4 is 14.0 Å². The average molecular weight is 376 g/mol. The van der Waals surface area contributed by atoms with Crippen molar-refractivity contribution in [3.63, 3.8) is 0 Å². The van der Waals surface area contributed by atoms with E-state index in [0.717, 1.165) is 0 Å². The van der Waals surface area contributed by atoms with Gasteiger partial charge in [0, 0.05) is 0 Å². The minimum atomic E-state index is -2.27. The van der Waals surface area contributed by atoms with Crippen LogP contribution in [0.4, 0.5) is 11.4 Å². The van der Waals surface area contributed by atoms with E-state index in [9.17, 15) is 0 Å². The first kappa shape index (κ1) is 15.5. The van der Waals surface area contributed by atoms with Gasteiger partial charge in [0.05, 0.1) is 0 Å². The van der Waals surface area contributed by atoms with Gasteiger partial charge in [-0.25, -0.2) is 0 Å². The number of fused-ring (bicyclic) bond motifs is 2. The zero-order valence-electron chi connectivity index (χ0n) is 14.1. The summed E-state index contributed by atoms with van der Waals surface area (Å²) in [6, 6.07) is 29.1. The SMILES string of the molecule is CCC[As+]1(Cc2ccccc2)c2ccccc2Nc2ccccc21. The zero-order valence-corrected chi connectivity index (χ0v) is 16.0. The molecule has 1 aliphatic rings. The Kier molecular flexibility index (Phi) is 4.20. The van der Waals surface area contributed by atoms with E-state index in [1.54, 1.807) is 8.70 Å². The number of para-hydroxylation sites is 2. The molecule has 0 fully saturated rings. The summed E-state index contributed by atoms with van der Waals surface area (Å²) in [7, 11) is 0. The van der Waals surface area contributed by atoms with Gasteiger partial charge < -0.3 is 0 Å². The third-order valence-corrected chi connectivity index (χ3v) is 14.8. The van der Waals surface area contributed by atoms with Gasteiger partial charge in [-0.3, -0.25) is 0 Å². The van der Waals surface area contributed by atoms with Crippen LogP contribution in [0.2, 0.25) is 5.21 Å².